The van der Waals surface area contributed by atoms with Gasteiger partial charge in [0.2, 0.25) is 11.6 Å². The maximum atomic E-state index is 13.5. The maximum absolute atomic E-state index is 13.5. The van der Waals surface area contributed by atoms with E-state index >= 15 is 0 Å². The fraction of sp³-hybridized carbons (Fsp3) is 0.615. The molecule has 1 unspecified atom stereocenters. The molecule has 0 aromatic carbocycles. The Balaban J connectivity index is 2.03. The minimum atomic E-state index is -1.65. The van der Waals surface area contributed by atoms with Crippen molar-refractivity contribution in [2.75, 3.05) is 38.7 Å². The fourth-order valence-corrected chi connectivity index (χ4v) is 2.49. The molecule has 1 fully saturated rings. The van der Waals surface area contributed by atoms with Crippen LogP contribution in [-0.4, -0.2) is 49.3 Å². The van der Waals surface area contributed by atoms with Crippen molar-refractivity contribution in [3.63, 3.8) is 0 Å². The summed E-state index contributed by atoms with van der Waals surface area (Å²) < 4.78 is 58.0. The first-order chi connectivity index (χ1) is 10.0. The van der Waals surface area contributed by atoms with Gasteiger partial charge in [0.25, 0.3) is 11.9 Å². The number of hydrogen-bond acceptors (Lipinski definition) is 4. The Labute approximate surface area is 120 Å². The summed E-state index contributed by atoms with van der Waals surface area (Å²) in [7, 11) is 1.59. The Bertz CT molecular complexity index is 475. The summed E-state index contributed by atoms with van der Waals surface area (Å²) in [5.74, 6) is -6.32. The second kappa shape index (κ2) is 7.04. The number of hydrogen-bond donors (Lipinski definition) is 1. The van der Waals surface area contributed by atoms with E-state index in [1.165, 1.54) is 0 Å². The Morgan fingerprint density at radius 2 is 1.90 bits per heavy atom. The van der Waals surface area contributed by atoms with Gasteiger partial charge in [-0.25, -0.2) is 0 Å². The zero-order chi connectivity index (χ0) is 15.4. The molecular formula is C13H17F4N3O. The maximum Gasteiger partial charge on any atom is 0.253 e. The predicted molar refractivity (Wildman–Crippen MR) is 69.0 cm³/mol. The minimum absolute atomic E-state index is 0.0400. The summed E-state index contributed by atoms with van der Waals surface area (Å²) in [6.07, 6.45) is 1.80. The number of nitrogens with one attached hydrogen (secondary N) is 1. The predicted octanol–water partition coefficient (Wildman–Crippen LogP) is 2.16. The highest BCUT2D eigenvalue weighted by Crippen LogP contribution is 2.23. The van der Waals surface area contributed by atoms with Gasteiger partial charge in [-0.3, -0.25) is 4.90 Å². The van der Waals surface area contributed by atoms with Gasteiger partial charge >= 0.3 is 0 Å². The number of halogens is 4. The van der Waals surface area contributed by atoms with Crippen LogP contribution in [0.3, 0.4) is 0 Å². The van der Waals surface area contributed by atoms with E-state index in [9.17, 15) is 17.6 Å². The number of pyridine rings is 1. The largest absolute Gasteiger partial charge is 0.383 e. The first-order valence-corrected chi connectivity index (χ1v) is 6.71. The van der Waals surface area contributed by atoms with Crippen molar-refractivity contribution in [3.8, 4) is 0 Å². The molecule has 0 bridgehead atoms. The van der Waals surface area contributed by atoms with Crippen LogP contribution in [0.2, 0.25) is 0 Å². The Hall–Kier alpha value is -1.41. The molecule has 1 aliphatic heterocycles. The number of methoxy groups -OCH3 is 1. The van der Waals surface area contributed by atoms with Gasteiger partial charge < -0.3 is 10.1 Å². The average Bonchev–Trinajstić information content (AvgIpc) is 2.90. The van der Waals surface area contributed by atoms with E-state index in [1.807, 2.05) is 0 Å². The fourth-order valence-electron chi connectivity index (χ4n) is 2.49. The average molecular weight is 307 g/mol. The van der Waals surface area contributed by atoms with Gasteiger partial charge in [-0.1, -0.05) is 0 Å². The second-order valence-electron chi connectivity index (χ2n) is 4.90. The molecule has 21 heavy (non-hydrogen) atoms. The first-order valence-electron chi connectivity index (χ1n) is 6.71. The molecule has 1 saturated heterocycles. The Morgan fingerprint density at radius 3 is 2.52 bits per heavy atom. The van der Waals surface area contributed by atoms with Crippen LogP contribution >= 0.6 is 0 Å². The highest BCUT2D eigenvalue weighted by Gasteiger charge is 2.26. The summed E-state index contributed by atoms with van der Waals surface area (Å²) >= 11 is 0. The number of anilines is 1. The molecule has 1 N–H and O–H groups in total. The van der Waals surface area contributed by atoms with Gasteiger partial charge in [-0.2, -0.15) is 22.5 Å². The number of aromatic nitrogens is 1. The molecule has 1 atom stereocenters. The van der Waals surface area contributed by atoms with E-state index in [0.29, 0.717) is 13.2 Å². The van der Waals surface area contributed by atoms with E-state index in [-0.39, 0.29) is 12.6 Å². The Kier molecular flexibility index (Phi) is 5.35. The monoisotopic (exact) mass is 307 g/mol. The van der Waals surface area contributed by atoms with Crippen LogP contribution < -0.4 is 5.32 Å². The van der Waals surface area contributed by atoms with Gasteiger partial charge in [-0.05, 0) is 19.4 Å². The summed E-state index contributed by atoms with van der Waals surface area (Å²) in [6, 6.07) is 0.0400. The molecule has 1 aromatic heterocycles. The van der Waals surface area contributed by atoms with Crippen LogP contribution in [0, 0.1) is 23.5 Å². The van der Waals surface area contributed by atoms with Crippen LogP contribution in [0.25, 0.3) is 0 Å². The van der Waals surface area contributed by atoms with E-state index in [4.69, 9.17) is 4.74 Å². The van der Waals surface area contributed by atoms with Crippen LogP contribution in [0.5, 0.6) is 0 Å². The van der Waals surface area contributed by atoms with E-state index in [2.05, 4.69) is 15.2 Å². The molecular weight excluding hydrogens is 290 g/mol. The molecule has 0 spiro atoms. The zero-order valence-corrected chi connectivity index (χ0v) is 11.6. The first kappa shape index (κ1) is 16.0. The van der Waals surface area contributed by atoms with Crippen molar-refractivity contribution >= 4 is 5.69 Å². The highest BCUT2D eigenvalue weighted by atomic mass is 19.2. The van der Waals surface area contributed by atoms with Crippen LogP contribution in [0.1, 0.15) is 12.8 Å². The minimum Gasteiger partial charge on any atom is -0.383 e. The van der Waals surface area contributed by atoms with Crippen molar-refractivity contribution < 1.29 is 22.3 Å². The molecule has 0 radical (unpaired) electrons. The van der Waals surface area contributed by atoms with Gasteiger partial charge in [0.15, 0.2) is 0 Å². The standard InChI is InChI=1S/C13H17F4N3O/c1-21-6-5-20-4-2-3-8(20)7-18-11-9(14)12(16)19-13(17)10(11)15/h8H,2-7H2,1H3,(H,18,19). The summed E-state index contributed by atoms with van der Waals surface area (Å²) in [5, 5.41) is 2.46. The quantitative estimate of drug-likeness (QED) is 0.645. The molecule has 4 nitrogen and oxygen atoms in total. The van der Waals surface area contributed by atoms with Crippen molar-refractivity contribution in [2.45, 2.75) is 18.9 Å². The molecule has 0 aliphatic carbocycles. The number of nitrogens with zero attached hydrogens (tertiary/aromatic N) is 2. The molecule has 1 aromatic rings. The van der Waals surface area contributed by atoms with Gasteiger partial charge in [0.05, 0.1) is 6.61 Å². The third-order valence-corrected chi connectivity index (χ3v) is 3.59. The van der Waals surface area contributed by atoms with Crippen LogP contribution in [-0.2, 0) is 4.74 Å². The highest BCUT2D eigenvalue weighted by molar-refractivity contribution is 5.45. The Morgan fingerprint density at radius 1 is 1.24 bits per heavy atom. The normalized spacial score (nSPS) is 19.2. The van der Waals surface area contributed by atoms with Crippen molar-refractivity contribution in [3.05, 3.63) is 23.5 Å². The molecule has 0 saturated carbocycles. The molecule has 8 heteroatoms. The third kappa shape index (κ3) is 3.62. The molecule has 2 heterocycles. The second-order valence-corrected chi connectivity index (χ2v) is 4.90. The van der Waals surface area contributed by atoms with E-state index in [1.54, 1.807) is 7.11 Å². The SMILES string of the molecule is COCCN1CCCC1CNc1c(F)c(F)nc(F)c1F. The lowest BCUT2D eigenvalue weighted by molar-refractivity contribution is 0.143. The van der Waals surface area contributed by atoms with Gasteiger partial charge in [0, 0.05) is 26.2 Å². The van der Waals surface area contributed by atoms with E-state index < -0.39 is 29.2 Å². The number of likely N-dealkylation sites (tertiary alicyclic amines) is 1. The van der Waals surface area contributed by atoms with Crippen LogP contribution in [0.15, 0.2) is 0 Å². The topological polar surface area (TPSA) is 37.4 Å². The van der Waals surface area contributed by atoms with Gasteiger partial charge in [-0.15, -0.1) is 0 Å². The van der Waals surface area contributed by atoms with Crippen molar-refractivity contribution in [1.82, 2.24) is 9.88 Å². The molecule has 0 amide bonds. The van der Waals surface area contributed by atoms with Crippen molar-refractivity contribution in [2.24, 2.45) is 0 Å². The number of rotatable bonds is 6. The van der Waals surface area contributed by atoms with Crippen LogP contribution in [0.4, 0.5) is 23.2 Å². The zero-order valence-electron chi connectivity index (χ0n) is 11.6. The van der Waals surface area contributed by atoms with Gasteiger partial charge in [0.1, 0.15) is 5.69 Å². The molecule has 1 aliphatic rings. The smallest absolute Gasteiger partial charge is 0.253 e. The number of ether oxygens (including phenoxy) is 1. The summed E-state index contributed by atoms with van der Waals surface area (Å²) in [5.41, 5.74) is -0.807. The summed E-state index contributed by atoms with van der Waals surface area (Å²) in [6.45, 7) is 2.31. The lowest BCUT2D eigenvalue weighted by Gasteiger charge is -2.24. The lowest BCUT2D eigenvalue weighted by atomic mass is 10.2. The third-order valence-electron chi connectivity index (χ3n) is 3.59. The summed E-state index contributed by atoms with van der Waals surface area (Å²) in [4.78, 5) is 4.63. The van der Waals surface area contributed by atoms with E-state index in [0.717, 1.165) is 19.4 Å². The van der Waals surface area contributed by atoms with Crippen molar-refractivity contribution in [1.29, 1.82) is 0 Å². The molecule has 2 rings (SSSR count). The lowest BCUT2D eigenvalue weighted by Crippen LogP contribution is -2.37. The molecule has 118 valence electrons.